The lowest BCUT2D eigenvalue weighted by Crippen LogP contribution is -2.60. The molecule has 0 saturated carbocycles. The number of carboxylic acids is 2. The molecule has 488 valence electrons. The standard InChI is InChI=1S/C65H101N11O12/c1-9-11-12-13-14-15-16-17-18-19-20-21-22-31-53(78)68-51(62(85)70-58(44(5)6)64(87)71-57(43(3)4)63(86)69-52(37-39-56(82)83)61(84)67-48(42-77)36-38-55(80)81)30-25-26-40-66-65(88)59(45(7)8)76(54(79)27-10-2)41-46-32-34-47(35-33-46)49-28-23-24-29-50(49)60-72-74-75-73-60/h23-24,28-29,32-35,42-45,48,51-52,57-59H,9-22,25-27,30-31,36-41H2,1-8H3,(H,66,88)(H,67,84)(H,68,78)(H,69,86)(H,70,85)(H,71,87)(H,80,81)(H,82,83)(H,72,73,74,75)/t48-,51+,52-,57?,58-,59-/m0/s1. The van der Waals surface area contributed by atoms with Crippen LogP contribution in [0.2, 0.25) is 0 Å². The Labute approximate surface area is 520 Å². The predicted octanol–water partition coefficient (Wildman–Crippen LogP) is 8.12. The lowest BCUT2D eigenvalue weighted by molar-refractivity contribution is -0.143. The van der Waals surface area contributed by atoms with Gasteiger partial charge in [0, 0.05) is 44.3 Å². The highest BCUT2D eigenvalue weighted by atomic mass is 16.4. The highest BCUT2D eigenvalue weighted by Gasteiger charge is 2.36. The zero-order valence-corrected chi connectivity index (χ0v) is 53.3. The minimum absolute atomic E-state index is 0.140. The highest BCUT2D eigenvalue weighted by Crippen LogP contribution is 2.30. The molecule has 2 aromatic carbocycles. The van der Waals surface area contributed by atoms with Crippen LogP contribution in [-0.4, -0.2) is 138 Å². The first kappa shape index (κ1) is 74.7. The number of carbonyl (C=O) groups is 10. The van der Waals surface area contributed by atoms with Crippen molar-refractivity contribution in [3.05, 3.63) is 54.1 Å². The number of aliphatic carboxylic acids is 2. The molecule has 1 aromatic heterocycles. The summed E-state index contributed by atoms with van der Waals surface area (Å²) in [5, 5.41) is 49.3. The summed E-state index contributed by atoms with van der Waals surface area (Å²) in [6.45, 7) is 15.0. The summed E-state index contributed by atoms with van der Waals surface area (Å²) in [6.07, 6.45) is 15.4. The summed E-state index contributed by atoms with van der Waals surface area (Å²) in [6, 6.07) is 8.34. The SMILES string of the molecule is CCCCCCCCCCCCCCCC(=O)N[C@H](CCCCNC(=O)[C@H](C(C)C)N(Cc1ccc(-c2ccccc2-c2nn[nH]n2)cc1)C(=O)CCC)C(=O)N[C@H](C(=O)NC(C(=O)N[C@@H](CCC(=O)O)C(=O)N[C@H](C=O)CCC(=O)O)C(C)C)C(C)C. The maximum atomic E-state index is 14.4. The van der Waals surface area contributed by atoms with Crippen LogP contribution in [0.15, 0.2) is 48.5 Å². The van der Waals surface area contributed by atoms with Crippen molar-refractivity contribution in [1.82, 2.24) is 57.4 Å². The fraction of sp³-hybridized carbons (Fsp3) is 0.646. The zero-order chi connectivity index (χ0) is 65.0. The summed E-state index contributed by atoms with van der Waals surface area (Å²) in [5.41, 5.74) is 3.43. The maximum absolute atomic E-state index is 14.4. The Hall–Kier alpha value is -7.59. The van der Waals surface area contributed by atoms with Gasteiger partial charge in [0.1, 0.15) is 36.5 Å². The Bertz CT molecular complexity index is 2630. The summed E-state index contributed by atoms with van der Waals surface area (Å²) in [4.78, 5) is 133. The summed E-state index contributed by atoms with van der Waals surface area (Å²) >= 11 is 0. The number of aromatic nitrogens is 4. The van der Waals surface area contributed by atoms with Gasteiger partial charge in [-0.2, -0.15) is 5.21 Å². The highest BCUT2D eigenvalue weighted by molar-refractivity contribution is 5.96. The first-order chi connectivity index (χ1) is 42.1. The normalized spacial score (nSPS) is 13.4. The average Bonchev–Trinajstić information content (AvgIpc) is 3.31. The quantitative estimate of drug-likeness (QED) is 0.0190. The van der Waals surface area contributed by atoms with Crippen LogP contribution < -0.4 is 31.9 Å². The first-order valence-corrected chi connectivity index (χ1v) is 32.0. The van der Waals surface area contributed by atoms with Crippen molar-refractivity contribution >= 4 is 59.6 Å². The van der Waals surface area contributed by atoms with Crippen molar-refractivity contribution in [1.29, 1.82) is 0 Å². The Morgan fingerprint density at radius 2 is 1.07 bits per heavy atom. The van der Waals surface area contributed by atoms with E-state index in [-0.39, 0.29) is 62.4 Å². The van der Waals surface area contributed by atoms with Gasteiger partial charge in [-0.3, -0.25) is 43.2 Å². The van der Waals surface area contributed by atoms with Gasteiger partial charge in [0.2, 0.25) is 47.2 Å². The number of hydrogen-bond acceptors (Lipinski definition) is 13. The fourth-order valence-corrected chi connectivity index (χ4v) is 10.4. The molecule has 6 atom stereocenters. The van der Waals surface area contributed by atoms with Crippen LogP contribution in [0.4, 0.5) is 0 Å². The Balaban J connectivity index is 1.75. The van der Waals surface area contributed by atoms with Gasteiger partial charge in [-0.25, -0.2) is 0 Å². The molecular weight excluding hydrogens is 1130 g/mol. The number of rotatable bonds is 46. The van der Waals surface area contributed by atoms with Crippen LogP contribution in [0, 0.1) is 17.8 Å². The second-order valence-corrected chi connectivity index (χ2v) is 24.0. The molecule has 0 bridgehead atoms. The van der Waals surface area contributed by atoms with Crippen molar-refractivity contribution in [2.24, 2.45) is 17.8 Å². The van der Waals surface area contributed by atoms with E-state index >= 15 is 0 Å². The minimum Gasteiger partial charge on any atom is -0.481 e. The Morgan fingerprint density at radius 3 is 1.60 bits per heavy atom. The summed E-state index contributed by atoms with van der Waals surface area (Å²) in [5.74, 6) is -7.42. The Kier molecular flexibility index (Phi) is 35.2. The van der Waals surface area contributed by atoms with Gasteiger partial charge in [0.15, 0.2) is 0 Å². The third kappa shape index (κ3) is 27.6. The number of aromatic amines is 1. The number of hydrogen-bond donors (Lipinski definition) is 9. The van der Waals surface area contributed by atoms with Crippen molar-refractivity contribution in [2.75, 3.05) is 6.54 Å². The van der Waals surface area contributed by atoms with Gasteiger partial charge >= 0.3 is 11.9 Å². The smallest absolute Gasteiger partial charge is 0.303 e. The molecule has 0 saturated heterocycles. The van der Waals surface area contributed by atoms with E-state index in [4.69, 9.17) is 5.11 Å². The molecule has 3 rings (SSSR count). The average molecular weight is 1230 g/mol. The molecule has 0 aliphatic carbocycles. The molecule has 23 nitrogen and oxygen atoms in total. The second kappa shape index (κ2) is 41.5. The number of aldehydes is 1. The molecule has 0 aliphatic heterocycles. The number of carbonyl (C=O) groups excluding carboxylic acids is 8. The van der Waals surface area contributed by atoms with Gasteiger partial charge in [0.25, 0.3) is 0 Å². The monoisotopic (exact) mass is 1230 g/mol. The molecule has 1 heterocycles. The van der Waals surface area contributed by atoms with Crippen molar-refractivity contribution in [3.63, 3.8) is 0 Å². The zero-order valence-electron chi connectivity index (χ0n) is 53.3. The first-order valence-electron chi connectivity index (χ1n) is 32.0. The van der Waals surface area contributed by atoms with Gasteiger partial charge < -0.3 is 51.8 Å². The van der Waals surface area contributed by atoms with E-state index in [1.54, 1.807) is 32.6 Å². The predicted molar refractivity (Wildman–Crippen MR) is 335 cm³/mol. The number of unbranched alkanes of at least 4 members (excludes halogenated alkanes) is 13. The molecule has 88 heavy (non-hydrogen) atoms. The van der Waals surface area contributed by atoms with E-state index in [9.17, 15) is 53.1 Å². The molecule has 1 unspecified atom stereocenters. The summed E-state index contributed by atoms with van der Waals surface area (Å²) < 4.78 is 0. The van der Waals surface area contributed by atoms with Crippen molar-refractivity contribution in [2.45, 2.75) is 246 Å². The van der Waals surface area contributed by atoms with Crippen LogP contribution in [0.25, 0.3) is 22.5 Å². The number of H-pyrrole nitrogens is 1. The van der Waals surface area contributed by atoms with Crippen LogP contribution in [0.1, 0.15) is 209 Å². The Morgan fingerprint density at radius 1 is 0.534 bits per heavy atom. The third-order valence-corrected chi connectivity index (χ3v) is 15.5. The molecule has 9 N–H and O–H groups in total. The molecule has 23 heteroatoms. The van der Waals surface area contributed by atoms with E-state index < -0.39 is 103 Å². The van der Waals surface area contributed by atoms with E-state index in [1.807, 2.05) is 69.3 Å². The van der Waals surface area contributed by atoms with Gasteiger partial charge in [-0.15, -0.1) is 10.2 Å². The number of amides is 7. The van der Waals surface area contributed by atoms with E-state index in [0.29, 0.717) is 37.8 Å². The number of tetrazole rings is 1. The van der Waals surface area contributed by atoms with Crippen molar-refractivity contribution < 1.29 is 58.2 Å². The summed E-state index contributed by atoms with van der Waals surface area (Å²) in [7, 11) is 0. The van der Waals surface area contributed by atoms with Crippen molar-refractivity contribution in [3.8, 4) is 22.5 Å². The molecule has 7 amide bonds. The van der Waals surface area contributed by atoms with Crippen LogP contribution in [-0.2, 0) is 54.5 Å². The number of nitrogens with zero attached hydrogens (tertiary/aromatic N) is 4. The minimum atomic E-state index is -1.48. The molecular formula is C65H101N11O12. The number of carboxylic acid groups (broad SMARTS) is 2. The van der Waals surface area contributed by atoms with Crippen LogP contribution in [0.3, 0.4) is 0 Å². The number of nitrogens with one attached hydrogen (secondary N) is 7. The maximum Gasteiger partial charge on any atom is 0.303 e. The lowest BCUT2D eigenvalue weighted by atomic mass is 9.97. The fourth-order valence-electron chi connectivity index (χ4n) is 10.4. The third-order valence-electron chi connectivity index (χ3n) is 15.5. The number of benzene rings is 2. The van der Waals surface area contributed by atoms with Crippen LogP contribution >= 0.6 is 0 Å². The topological polar surface area (TPSA) is 341 Å². The molecule has 0 aliphatic rings. The van der Waals surface area contributed by atoms with Crippen LogP contribution in [0.5, 0.6) is 0 Å². The molecule has 3 aromatic rings. The van der Waals surface area contributed by atoms with Gasteiger partial charge in [0.05, 0.1) is 6.04 Å². The van der Waals surface area contributed by atoms with Gasteiger partial charge in [-0.05, 0) is 84.6 Å². The molecule has 0 spiro atoms. The second-order valence-electron chi connectivity index (χ2n) is 24.0. The molecule has 0 radical (unpaired) electrons. The van der Waals surface area contributed by atoms with E-state index in [1.165, 1.54) is 51.4 Å². The molecule has 0 fully saturated rings. The van der Waals surface area contributed by atoms with Gasteiger partial charge in [-0.1, -0.05) is 181 Å². The lowest BCUT2D eigenvalue weighted by Gasteiger charge is -2.34. The van der Waals surface area contributed by atoms with E-state index in [0.717, 1.165) is 47.9 Å². The largest absolute Gasteiger partial charge is 0.481 e. The van der Waals surface area contributed by atoms with E-state index in [2.05, 4.69) is 59.4 Å².